The van der Waals surface area contributed by atoms with Crippen LogP contribution in [0, 0.1) is 13.8 Å². The lowest BCUT2D eigenvalue weighted by atomic mass is 9.81. The normalized spacial score (nSPS) is 13.6. The molecule has 0 spiro atoms. The van der Waals surface area contributed by atoms with E-state index in [0.717, 1.165) is 0 Å². The molecule has 24 heavy (non-hydrogen) atoms. The Labute approximate surface area is 145 Å². The molecule has 4 rings (SSSR count). The fraction of sp³-hybridized carbons (Fsp3) is 0.250. The van der Waals surface area contributed by atoms with Gasteiger partial charge in [0.05, 0.1) is 0 Å². The Kier molecular flexibility index (Phi) is 3.98. The average molecular weight is 312 g/mol. The predicted molar refractivity (Wildman–Crippen MR) is 103 cm³/mol. The molecule has 0 bridgehead atoms. The summed E-state index contributed by atoms with van der Waals surface area (Å²) in [5, 5.41) is 0. The second-order valence-electron chi connectivity index (χ2n) is 7.06. The van der Waals surface area contributed by atoms with Gasteiger partial charge in [-0.3, -0.25) is 0 Å². The standard InChI is InChI=1S/C24H24/c1-17-7-11-19(12-8-17)21-15-16-22(20-13-9-18(2)10-14-20)24-6-4-3-5-23(21)24/h7-16H,3-6H2,1-2H3. The van der Waals surface area contributed by atoms with E-state index in [4.69, 9.17) is 0 Å². The van der Waals surface area contributed by atoms with Gasteiger partial charge in [-0.25, -0.2) is 0 Å². The van der Waals surface area contributed by atoms with Crippen molar-refractivity contribution in [3.05, 3.63) is 82.9 Å². The van der Waals surface area contributed by atoms with E-state index >= 15 is 0 Å². The molecule has 120 valence electrons. The number of aryl methyl sites for hydroxylation is 2. The lowest BCUT2D eigenvalue weighted by molar-refractivity contribution is 0.688. The third-order valence-corrected chi connectivity index (χ3v) is 5.26. The third kappa shape index (κ3) is 2.78. The molecule has 0 N–H and O–H groups in total. The molecule has 0 atom stereocenters. The smallest absolute Gasteiger partial charge is 0.0149 e. The first kappa shape index (κ1) is 15.2. The van der Waals surface area contributed by atoms with Gasteiger partial charge in [-0.15, -0.1) is 0 Å². The molecule has 0 aromatic heterocycles. The molecule has 0 saturated heterocycles. The zero-order valence-electron chi connectivity index (χ0n) is 14.6. The van der Waals surface area contributed by atoms with E-state index in [1.165, 1.54) is 59.1 Å². The molecule has 3 aromatic rings. The average Bonchev–Trinajstić information content (AvgIpc) is 2.62. The number of hydrogen-bond acceptors (Lipinski definition) is 0. The van der Waals surface area contributed by atoms with Gasteiger partial charge in [0.1, 0.15) is 0 Å². The fourth-order valence-electron chi connectivity index (χ4n) is 3.87. The van der Waals surface area contributed by atoms with Crippen LogP contribution in [-0.2, 0) is 12.8 Å². The Morgan fingerprint density at radius 1 is 0.500 bits per heavy atom. The van der Waals surface area contributed by atoms with Crippen LogP contribution in [0.15, 0.2) is 60.7 Å². The van der Waals surface area contributed by atoms with Gasteiger partial charge in [0, 0.05) is 0 Å². The number of hydrogen-bond donors (Lipinski definition) is 0. The molecule has 0 heterocycles. The summed E-state index contributed by atoms with van der Waals surface area (Å²) in [7, 11) is 0. The van der Waals surface area contributed by atoms with Crippen LogP contribution >= 0.6 is 0 Å². The quantitative estimate of drug-likeness (QED) is 0.505. The maximum Gasteiger partial charge on any atom is -0.0149 e. The minimum Gasteiger partial charge on any atom is -0.0587 e. The van der Waals surface area contributed by atoms with E-state index < -0.39 is 0 Å². The van der Waals surface area contributed by atoms with Crippen LogP contribution in [0.1, 0.15) is 35.1 Å². The maximum absolute atomic E-state index is 2.34. The summed E-state index contributed by atoms with van der Waals surface area (Å²) in [6.45, 7) is 4.31. The van der Waals surface area contributed by atoms with Gasteiger partial charge in [0.2, 0.25) is 0 Å². The van der Waals surface area contributed by atoms with Gasteiger partial charge < -0.3 is 0 Å². The van der Waals surface area contributed by atoms with Gasteiger partial charge in [0.15, 0.2) is 0 Å². The van der Waals surface area contributed by atoms with E-state index in [1.54, 1.807) is 11.1 Å². The molecule has 0 nitrogen and oxygen atoms in total. The summed E-state index contributed by atoms with van der Waals surface area (Å²) in [6, 6.07) is 22.6. The molecule has 0 unspecified atom stereocenters. The first-order valence-electron chi connectivity index (χ1n) is 9.01. The SMILES string of the molecule is Cc1ccc(-c2ccc(-c3ccc(C)cc3)c3c2CCCC3)cc1. The highest BCUT2D eigenvalue weighted by Gasteiger charge is 2.18. The molecule has 0 aliphatic heterocycles. The summed E-state index contributed by atoms with van der Waals surface area (Å²) in [5.41, 5.74) is 11.4. The van der Waals surface area contributed by atoms with E-state index in [9.17, 15) is 0 Å². The number of benzene rings is 3. The molecule has 0 saturated carbocycles. The molecule has 0 radical (unpaired) electrons. The number of fused-ring (bicyclic) bond motifs is 1. The van der Waals surface area contributed by atoms with Crippen LogP contribution in [0.4, 0.5) is 0 Å². The van der Waals surface area contributed by atoms with E-state index in [0.29, 0.717) is 0 Å². The molecule has 3 aromatic carbocycles. The van der Waals surface area contributed by atoms with Crippen LogP contribution in [0.2, 0.25) is 0 Å². The maximum atomic E-state index is 2.34. The molecule has 1 aliphatic carbocycles. The summed E-state index contributed by atoms with van der Waals surface area (Å²) in [4.78, 5) is 0. The van der Waals surface area contributed by atoms with Gasteiger partial charge in [-0.2, -0.15) is 0 Å². The summed E-state index contributed by atoms with van der Waals surface area (Å²) in [6.07, 6.45) is 5.03. The Hall–Kier alpha value is -2.34. The van der Waals surface area contributed by atoms with E-state index in [1.807, 2.05) is 0 Å². The van der Waals surface area contributed by atoms with Crippen molar-refractivity contribution >= 4 is 0 Å². The van der Waals surface area contributed by atoms with Crippen molar-refractivity contribution < 1.29 is 0 Å². The van der Waals surface area contributed by atoms with E-state index in [2.05, 4.69) is 74.5 Å². The van der Waals surface area contributed by atoms with Crippen molar-refractivity contribution in [2.45, 2.75) is 39.5 Å². The minimum atomic E-state index is 1.21. The Morgan fingerprint density at radius 2 is 0.875 bits per heavy atom. The largest absolute Gasteiger partial charge is 0.0587 e. The van der Waals surface area contributed by atoms with Gasteiger partial charge >= 0.3 is 0 Å². The van der Waals surface area contributed by atoms with Crippen LogP contribution in [0.5, 0.6) is 0 Å². The van der Waals surface area contributed by atoms with Crippen LogP contribution < -0.4 is 0 Å². The molecule has 0 fully saturated rings. The summed E-state index contributed by atoms with van der Waals surface area (Å²) < 4.78 is 0. The minimum absolute atomic E-state index is 1.21. The topological polar surface area (TPSA) is 0 Å². The zero-order chi connectivity index (χ0) is 16.5. The fourth-order valence-corrected chi connectivity index (χ4v) is 3.87. The zero-order valence-corrected chi connectivity index (χ0v) is 14.6. The second-order valence-corrected chi connectivity index (χ2v) is 7.06. The van der Waals surface area contributed by atoms with Crippen LogP contribution in [0.3, 0.4) is 0 Å². The Bertz CT molecular complexity index is 777. The van der Waals surface area contributed by atoms with Crippen molar-refractivity contribution in [2.24, 2.45) is 0 Å². The molecule has 0 amide bonds. The van der Waals surface area contributed by atoms with Gasteiger partial charge in [0.25, 0.3) is 0 Å². The van der Waals surface area contributed by atoms with Crippen LogP contribution in [-0.4, -0.2) is 0 Å². The Balaban J connectivity index is 1.86. The first-order chi connectivity index (χ1) is 11.7. The van der Waals surface area contributed by atoms with Crippen molar-refractivity contribution in [1.82, 2.24) is 0 Å². The highest BCUT2D eigenvalue weighted by molar-refractivity contribution is 5.78. The van der Waals surface area contributed by atoms with Crippen molar-refractivity contribution in [2.75, 3.05) is 0 Å². The van der Waals surface area contributed by atoms with E-state index in [-0.39, 0.29) is 0 Å². The molecule has 1 aliphatic rings. The highest BCUT2D eigenvalue weighted by atomic mass is 14.2. The Morgan fingerprint density at radius 3 is 1.25 bits per heavy atom. The van der Waals surface area contributed by atoms with Crippen molar-refractivity contribution in [3.8, 4) is 22.3 Å². The molecule has 0 heteroatoms. The lowest BCUT2D eigenvalue weighted by Gasteiger charge is -2.23. The molecular weight excluding hydrogens is 288 g/mol. The predicted octanol–water partition coefficient (Wildman–Crippen LogP) is 6.52. The van der Waals surface area contributed by atoms with Crippen molar-refractivity contribution in [3.63, 3.8) is 0 Å². The van der Waals surface area contributed by atoms with Crippen molar-refractivity contribution in [1.29, 1.82) is 0 Å². The summed E-state index contributed by atoms with van der Waals surface area (Å²) >= 11 is 0. The van der Waals surface area contributed by atoms with Gasteiger partial charge in [-0.1, -0.05) is 71.8 Å². The summed E-state index contributed by atoms with van der Waals surface area (Å²) in [5.74, 6) is 0. The van der Waals surface area contributed by atoms with Gasteiger partial charge in [-0.05, 0) is 72.9 Å². The monoisotopic (exact) mass is 312 g/mol. The highest BCUT2D eigenvalue weighted by Crippen LogP contribution is 2.38. The van der Waals surface area contributed by atoms with Crippen LogP contribution in [0.25, 0.3) is 22.3 Å². The molecular formula is C24H24. The second kappa shape index (κ2) is 6.28. The third-order valence-electron chi connectivity index (χ3n) is 5.26. The number of rotatable bonds is 2. The lowest BCUT2D eigenvalue weighted by Crippen LogP contribution is -2.06. The first-order valence-corrected chi connectivity index (χ1v) is 9.01.